The molecule has 0 saturated carbocycles. The molecule has 1 aromatic rings. The number of halogens is 1. The molecular formula is C11H18BrN3O. The van der Waals surface area contributed by atoms with Crippen LogP contribution < -0.4 is 11.3 Å². The van der Waals surface area contributed by atoms with E-state index < -0.39 is 0 Å². The summed E-state index contributed by atoms with van der Waals surface area (Å²) >= 11 is 3.39. The van der Waals surface area contributed by atoms with Crippen molar-refractivity contribution >= 4 is 15.9 Å². The smallest absolute Gasteiger partial charge is 0.0636 e. The summed E-state index contributed by atoms with van der Waals surface area (Å²) in [6, 6.07) is 2.17. The quantitative estimate of drug-likeness (QED) is 0.455. The second kappa shape index (κ2) is 7.73. The second-order valence-corrected chi connectivity index (χ2v) is 4.57. The number of aromatic nitrogens is 1. The van der Waals surface area contributed by atoms with Gasteiger partial charge in [-0.1, -0.05) is 6.92 Å². The molecule has 90 valence electrons. The summed E-state index contributed by atoms with van der Waals surface area (Å²) in [4.78, 5) is 4.11. The van der Waals surface area contributed by atoms with E-state index in [2.05, 4.69) is 33.3 Å². The molecule has 0 aliphatic heterocycles. The summed E-state index contributed by atoms with van der Waals surface area (Å²) in [6.45, 7) is 3.48. The molecule has 0 bridgehead atoms. The molecule has 3 N–H and O–H groups in total. The van der Waals surface area contributed by atoms with Crippen molar-refractivity contribution in [1.29, 1.82) is 0 Å². The van der Waals surface area contributed by atoms with Crippen molar-refractivity contribution in [3.8, 4) is 0 Å². The van der Waals surface area contributed by atoms with Gasteiger partial charge in [-0.05, 0) is 40.4 Å². The van der Waals surface area contributed by atoms with E-state index in [9.17, 15) is 0 Å². The zero-order valence-corrected chi connectivity index (χ0v) is 11.0. The maximum Gasteiger partial charge on any atom is 0.0636 e. The topological polar surface area (TPSA) is 60.2 Å². The van der Waals surface area contributed by atoms with E-state index in [4.69, 9.17) is 10.6 Å². The molecule has 0 aliphatic carbocycles. The number of hydrazine groups is 1. The summed E-state index contributed by atoms with van der Waals surface area (Å²) in [7, 11) is 0. The van der Waals surface area contributed by atoms with Gasteiger partial charge in [-0.15, -0.1) is 0 Å². The molecule has 0 aromatic carbocycles. The zero-order valence-electron chi connectivity index (χ0n) is 9.45. The molecule has 0 saturated heterocycles. The third-order valence-electron chi connectivity index (χ3n) is 2.15. The maximum absolute atomic E-state index is 5.48. The Morgan fingerprint density at radius 1 is 1.56 bits per heavy atom. The highest BCUT2D eigenvalue weighted by Crippen LogP contribution is 2.11. The predicted molar refractivity (Wildman–Crippen MR) is 67.9 cm³/mol. The summed E-state index contributed by atoms with van der Waals surface area (Å²) in [5.41, 5.74) is 3.90. The standard InChI is InChI=1S/C11H18BrN3O/c1-2-3-16-8-11(15-13)5-9-4-10(12)7-14-6-9/h4,6-7,11,15H,2-3,5,8,13H2,1H3. The Balaban J connectivity index is 2.43. The molecule has 1 rings (SSSR count). The molecule has 1 heterocycles. The highest BCUT2D eigenvalue weighted by atomic mass is 79.9. The van der Waals surface area contributed by atoms with Crippen LogP contribution in [0.5, 0.6) is 0 Å². The van der Waals surface area contributed by atoms with Gasteiger partial charge in [0.15, 0.2) is 0 Å². The Labute approximate surface area is 105 Å². The average molecular weight is 288 g/mol. The number of hydrogen-bond acceptors (Lipinski definition) is 4. The van der Waals surface area contributed by atoms with Crippen molar-refractivity contribution in [2.45, 2.75) is 25.8 Å². The number of nitrogens with zero attached hydrogens (tertiary/aromatic N) is 1. The minimum atomic E-state index is 0.127. The lowest BCUT2D eigenvalue weighted by Crippen LogP contribution is -2.40. The fraction of sp³-hybridized carbons (Fsp3) is 0.545. The van der Waals surface area contributed by atoms with Crippen LogP contribution >= 0.6 is 15.9 Å². The first-order chi connectivity index (χ1) is 7.76. The first kappa shape index (κ1) is 13.6. The lowest BCUT2D eigenvalue weighted by molar-refractivity contribution is 0.112. The highest BCUT2D eigenvalue weighted by molar-refractivity contribution is 9.10. The first-order valence-electron chi connectivity index (χ1n) is 5.39. The Kier molecular flexibility index (Phi) is 6.56. The van der Waals surface area contributed by atoms with Gasteiger partial charge in [0.05, 0.1) is 6.61 Å². The molecule has 1 unspecified atom stereocenters. The van der Waals surface area contributed by atoms with Crippen LogP contribution in [0.4, 0.5) is 0 Å². The van der Waals surface area contributed by atoms with Crippen LogP contribution in [0.25, 0.3) is 0 Å². The molecule has 1 atom stereocenters. The molecule has 0 spiro atoms. The minimum absolute atomic E-state index is 0.127. The largest absolute Gasteiger partial charge is 0.380 e. The summed E-state index contributed by atoms with van der Waals surface area (Å²) < 4.78 is 6.45. The van der Waals surface area contributed by atoms with E-state index in [0.717, 1.165) is 29.5 Å². The molecule has 0 amide bonds. The first-order valence-corrected chi connectivity index (χ1v) is 6.18. The monoisotopic (exact) mass is 287 g/mol. The van der Waals surface area contributed by atoms with Gasteiger partial charge in [0.25, 0.3) is 0 Å². The lowest BCUT2D eigenvalue weighted by Gasteiger charge is -2.15. The normalized spacial score (nSPS) is 12.7. The van der Waals surface area contributed by atoms with E-state index in [-0.39, 0.29) is 6.04 Å². The van der Waals surface area contributed by atoms with Crippen LogP contribution in [0.2, 0.25) is 0 Å². The highest BCUT2D eigenvalue weighted by Gasteiger charge is 2.08. The van der Waals surface area contributed by atoms with E-state index in [1.54, 1.807) is 6.20 Å². The third kappa shape index (κ3) is 5.03. The van der Waals surface area contributed by atoms with Crippen molar-refractivity contribution < 1.29 is 4.74 Å². The van der Waals surface area contributed by atoms with E-state index in [1.807, 2.05) is 12.3 Å². The summed E-state index contributed by atoms with van der Waals surface area (Å²) in [6.07, 6.45) is 5.44. The van der Waals surface area contributed by atoms with E-state index in [1.165, 1.54) is 0 Å². The molecule has 5 heteroatoms. The number of ether oxygens (including phenoxy) is 1. The summed E-state index contributed by atoms with van der Waals surface area (Å²) in [5, 5.41) is 0. The van der Waals surface area contributed by atoms with Gasteiger partial charge in [0.2, 0.25) is 0 Å². The van der Waals surface area contributed by atoms with Gasteiger partial charge < -0.3 is 4.74 Å². The molecule has 0 aliphatic rings. The number of nitrogens with one attached hydrogen (secondary N) is 1. The number of pyridine rings is 1. The number of hydrogen-bond donors (Lipinski definition) is 2. The third-order valence-corrected chi connectivity index (χ3v) is 2.58. The van der Waals surface area contributed by atoms with Crippen LogP contribution in [0.15, 0.2) is 22.9 Å². The van der Waals surface area contributed by atoms with Gasteiger partial charge >= 0.3 is 0 Å². The Morgan fingerprint density at radius 2 is 2.38 bits per heavy atom. The van der Waals surface area contributed by atoms with E-state index in [0.29, 0.717) is 6.61 Å². The molecule has 0 radical (unpaired) electrons. The zero-order chi connectivity index (χ0) is 11.8. The van der Waals surface area contributed by atoms with Crippen LogP contribution in [0, 0.1) is 0 Å². The van der Waals surface area contributed by atoms with Gasteiger partial charge in [-0.25, -0.2) is 0 Å². The van der Waals surface area contributed by atoms with Crippen LogP contribution in [0.3, 0.4) is 0 Å². The van der Waals surface area contributed by atoms with Gasteiger partial charge in [-0.3, -0.25) is 16.3 Å². The second-order valence-electron chi connectivity index (χ2n) is 3.65. The predicted octanol–water partition coefficient (Wildman–Crippen LogP) is 1.65. The summed E-state index contributed by atoms with van der Waals surface area (Å²) in [5.74, 6) is 5.48. The van der Waals surface area contributed by atoms with E-state index >= 15 is 0 Å². The fourth-order valence-corrected chi connectivity index (χ4v) is 1.80. The van der Waals surface area contributed by atoms with Gasteiger partial charge in [0.1, 0.15) is 0 Å². The van der Waals surface area contributed by atoms with Crippen molar-refractivity contribution in [3.05, 3.63) is 28.5 Å². The number of nitrogens with two attached hydrogens (primary N) is 1. The van der Waals surface area contributed by atoms with Crippen molar-refractivity contribution in [2.75, 3.05) is 13.2 Å². The molecule has 1 aromatic heterocycles. The lowest BCUT2D eigenvalue weighted by atomic mass is 10.1. The molecule has 16 heavy (non-hydrogen) atoms. The maximum atomic E-state index is 5.48. The van der Waals surface area contributed by atoms with Crippen LogP contribution in [-0.2, 0) is 11.2 Å². The van der Waals surface area contributed by atoms with Crippen molar-refractivity contribution in [3.63, 3.8) is 0 Å². The van der Waals surface area contributed by atoms with Crippen LogP contribution in [-0.4, -0.2) is 24.2 Å². The molecular weight excluding hydrogens is 270 g/mol. The molecule has 0 fully saturated rings. The SMILES string of the molecule is CCCOCC(Cc1cncc(Br)c1)NN. The fourth-order valence-electron chi connectivity index (χ4n) is 1.39. The van der Waals surface area contributed by atoms with Crippen LogP contribution in [0.1, 0.15) is 18.9 Å². The molecule has 4 nitrogen and oxygen atoms in total. The Bertz CT molecular complexity index is 309. The minimum Gasteiger partial charge on any atom is -0.380 e. The average Bonchev–Trinajstić information content (AvgIpc) is 2.28. The van der Waals surface area contributed by atoms with Gasteiger partial charge in [0, 0.05) is 29.5 Å². The Hall–Kier alpha value is -0.490. The van der Waals surface area contributed by atoms with Crippen molar-refractivity contribution in [1.82, 2.24) is 10.4 Å². The Morgan fingerprint density at radius 3 is 3.00 bits per heavy atom. The van der Waals surface area contributed by atoms with Gasteiger partial charge in [-0.2, -0.15) is 0 Å². The van der Waals surface area contributed by atoms with Crippen molar-refractivity contribution in [2.24, 2.45) is 5.84 Å². The number of rotatable bonds is 7.